The highest BCUT2D eigenvalue weighted by atomic mass is 15.4. The molecule has 5 N–H and O–H groups in total. The lowest BCUT2D eigenvalue weighted by Crippen LogP contribution is -2.30. The number of nitrogens with one attached hydrogen (secondary N) is 1. The molecule has 0 amide bonds. The summed E-state index contributed by atoms with van der Waals surface area (Å²) >= 11 is 0. The Balaban J connectivity index is 1.53. The Hall–Kier alpha value is -3.98. The number of benzene rings is 1. The fraction of sp³-hybridized carbons (Fsp3) is 0.143. The molecule has 0 atom stereocenters. The second-order valence-corrected chi connectivity index (χ2v) is 6.94. The number of aromatic nitrogens is 5. The highest BCUT2D eigenvalue weighted by Crippen LogP contribution is 2.28. The number of anilines is 4. The van der Waals surface area contributed by atoms with Gasteiger partial charge in [0.25, 0.3) is 0 Å². The van der Waals surface area contributed by atoms with Crippen LogP contribution in [-0.4, -0.2) is 24.7 Å². The Morgan fingerprint density at radius 2 is 1.93 bits per heavy atom. The van der Waals surface area contributed by atoms with Gasteiger partial charge in [-0.1, -0.05) is 12.1 Å². The van der Waals surface area contributed by atoms with Gasteiger partial charge in [0, 0.05) is 36.8 Å². The van der Waals surface area contributed by atoms with Crippen molar-refractivity contribution in [2.75, 3.05) is 16.1 Å². The molecular weight excluding hydrogens is 378 g/mol. The van der Waals surface area contributed by atoms with Crippen molar-refractivity contribution in [1.29, 1.82) is 0 Å². The first-order chi connectivity index (χ1) is 14.5. The van der Waals surface area contributed by atoms with Crippen LogP contribution in [0.15, 0.2) is 61.1 Å². The molecule has 0 spiro atoms. The van der Waals surface area contributed by atoms with Gasteiger partial charge in [-0.25, -0.2) is 15.8 Å². The summed E-state index contributed by atoms with van der Waals surface area (Å²) in [6, 6.07) is 13.3. The molecule has 3 aromatic heterocycles. The molecule has 0 bridgehead atoms. The number of hydrazine groups is 1. The zero-order valence-corrected chi connectivity index (χ0v) is 16.8. The Labute approximate surface area is 174 Å². The second kappa shape index (κ2) is 8.18. The van der Waals surface area contributed by atoms with Crippen LogP contribution in [0, 0.1) is 6.92 Å². The minimum atomic E-state index is 0.478. The van der Waals surface area contributed by atoms with E-state index >= 15 is 0 Å². The van der Waals surface area contributed by atoms with E-state index < -0.39 is 0 Å². The van der Waals surface area contributed by atoms with Crippen molar-refractivity contribution < 1.29 is 0 Å². The highest BCUT2D eigenvalue weighted by Gasteiger charge is 2.11. The van der Waals surface area contributed by atoms with Crippen LogP contribution in [0.5, 0.6) is 0 Å². The Morgan fingerprint density at radius 1 is 1.07 bits per heavy atom. The second-order valence-electron chi connectivity index (χ2n) is 6.94. The molecule has 0 aliphatic rings. The van der Waals surface area contributed by atoms with Crippen LogP contribution in [-0.2, 0) is 13.6 Å². The van der Waals surface area contributed by atoms with E-state index in [0.29, 0.717) is 18.2 Å². The van der Waals surface area contributed by atoms with Gasteiger partial charge in [-0.2, -0.15) is 5.10 Å². The van der Waals surface area contributed by atoms with Gasteiger partial charge in [0.15, 0.2) is 0 Å². The number of hydrogen-bond donors (Lipinski definition) is 3. The summed E-state index contributed by atoms with van der Waals surface area (Å²) in [4.78, 5) is 13.2. The monoisotopic (exact) mass is 401 g/mol. The van der Waals surface area contributed by atoms with Crippen LogP contribution < -0.4 is 21.9 Å². The number of nitrogens with two attached hydrogens (primary N) is 2. The van der Waals surface area contributed by atoms with E-state index in [-0.39, 0.29) is 0 Å². The molecule has 0 saturated heterocycles. The molecule has 3 heterocycles. The average molecular weight is 401 g/mol. The summed E-state index contributed by atoms with van der Waals surface area (Å²) in [6.45, 7) is 2.45. The van der Waals surface area contributed by atoms with Crippen molar-refractivity contribution in [2.45, 2.75) is 13.5 Å². The lowest BCUT2D eigenvalue weighted by Gasteiger charge is -2.21. The van der Waals surface area contributed by atoms with Crippen LogP contribution in [0.3, 0.4) is 0 Å². The van der Waals surface area contributed by atoms with Crippen molar-refractivity contribution in [3.63, 3.8) is 0 Å². The van der Waals surface area contributed by atoms with Gasteiger partial charge < -0.3 is 16.1 Å². The predicted molar refractivity (Wildman–Crippen MR) is 118 cm³/mol. The van der Waals surface area contributed by atoms with Crippen molar-refractivity contribution in [3.8, 4) is 11.3 Å². The number of nitrogen functional groups attached to an aromatic ring is 1. The first-order valence-corrected chi connectivity index (χ1v) is 9.41. The molecule has 0 aliphatic carbocycles. The van der Waals surface area contributed by atoms with Crippen LogP contribution in [0.25, 0.3) is 11.3 Å². The van der Waals surface area contributed by atoms with Gasteiger partial charge >= 0.3 is 0 Å². The summed E-state index contributed by atoms with van der Waals surface area (Å²) in [5.41, 5.74) is 11.2. The molecule has 30 heavy (non-hydrogen) atoms. The maximum atomic E-state index is 6.30. The van der Waals surface area contributed by atoms with Gasteiger partial charge in [-0.05, 0) is 36.8 Å². The highest BCUT2D eigenvalue weighted by molar-refractivity contribution is 5.75. The Kier molecular flexibility index (Phi) is 5.27. The van der Waals surface area contributed by atoms with Crippen molar-refractivity contribution >= 4 is 23.1 Å². The number of pyridine rings is 1. The molecule has 9 heteroatoms. The molecule has 0 fully saturated rings. The molecule has 1 aromatic carbocycles. The lowest BCUT2D eigenvalue weighted by atomic mass is 10.1. The van der Waals surface area contributed by atoms with Gasteiger partial charge in [0.2, 0.25) is 5.95 Å². The molecule has 152 valence electrons. The van der Waals surface area contributed by atoms with E-state index in [2.05, 4.69) is 25.4 Å². The first kappa shape index (κ1) is 19.3. The molecule has 0 unspecified atom stereocenters. The number of nitrogens with zero attached hydrogens (tertiary/aromatic N) is 6. The molecule has 4 aromatic rings. The third-order valence-corrected chi connectivity index (χ3v) is 4.67. The van der Waals surface area contributed by atoms with E-state index in [4.69, 9.17) is 11.6 Å². The Bertz CT molecular complexity index is 1150. The molecule has 0 aliphatic heterocycles. The van der Waals surface area contributed by atoms with Gasteiger partial charge in [0.1, 0.15) is 5.82 Å². The molecule has 9 nitrogen and oxygen atoms in total. The average Bonchev–Trinajstić information content (AvgIpc) is 3.14. The normalized spacial score (nSPS) is 10.8. The summed E-state index contributed by atoms with van der Waals surface area (Å²) in [5.74, 6) is 7.53. The smallest absolute Gasteiger partial charge is 0.228 e. The number of rotatable bonds is 6. The zero-order valence-electron chi connectivity index (χ0n) is 16.8. The van der Waals surface area contributed by atoms with Crippen LogP contribution in [0.2, 0.25) is 0 Å². The minimum absolute atomic E-state index is 0.478. The van der Waals surface area contributed by atoms with Crippen molar-refractivity contribution in [3.05, 3.63) is 72.3 Å². The summed E-state index contributed by atoms with van der Waals surface area (Å²) < 4.78 is 1.71. The van der Waals surface area contributed by atoms with Gasteiger partial charge in [-0.3, -0.25) is 9.67 Å². The third-order valence-electron chi connectivity index (χ3n) is 4.67. The predicted octanol–water partition coefficient (Wildman–Crippen LogP) is 2.79. The van der Waals surface area contributed by atoms with Crippen molar-refractivity contribution in [1.82, 2.24) is 24.7 Å². The molecule has 4 rings (SSSR count). The number of aryl methyl sites for hydroxylation is 2. The lowest BCUT2D eigenvalue weighted by molar-refractivity contribution is 0.775. The van der Waals surface area contributed by atoms with Crippen LogP contribution in [0.1, 0.15) is 11.3 Å². The Morgan fingerprint density at radius 3 is 2.63 bits per heavy atom. The standard InChI is InChI=1S/C21H23N9/c1-14-3-4-15(12-25-14)13-30(23)19-6-5-16(11-17(19)22)18-7-9-24-21(27-18)28-20-8-10-26-29(20)2/h3-12H,13,22-23H2,1-2H3,(H,24,27,28). The van der Waals surface area contributed by atoms with E-state index in [1.54, 1.807) is 22.1 Å². The molecular formula is C21H23N9. The number of hydrogen-bond acceptors (Lipinski definition) is 8. The SMILES string of the molecule is Cc1ccc(CN(N)c2ccc(-c3ccnc(Nc4ccnn4C)n3)cc2N)cn1. The maximum Gasteiger partial charge on any atom is 0.228 e. The van der Waals surface area contributed by atoms with Crippen molar-refractivity contribution in [2.24, 2.45) is 12.9 Å². The summed E-state index contributed by atoms with van der Waals surface area (Å²) in [5, 5.41) is 8.89. The third kappa shape index (κ3) is 4.20. The molecule has 0 radical (unpaired) electrons. The fourth-order valence-electron chi connectivity index (χ4n) is 3.04. The minimum Gasteiger partial charge on any atom is -0.397 e. The largest absolute Gasteiger partial charge is 0.397 e. The van der Waals surface area contributed by atoms with E-state index in [1.807, 2.05) is 62.6 Å². The molecule has 0 saturated carbocycles. The van der Waals surface area contributed by atoms with E-state index in [9.17, 15) is 0 Å². The maximum absolute atomic E-state index is 6.30. The van der Waals surface area contributed by atoms with Crippen LogP contribution in [0.4, 0.5) is 23.1 Å². The zero-order chi connectivity index (χ0) is 21.1. The van der Waals surface area contributed by atoms with Gasteiger partial charge in [-0.15, -0.1) is 0 Å². The van der Waals surface area contributed by atoms with E-state index in [1.165, 1.54) is 0 Å². The van der Waals surface area contributed by atoms with E-state index in [0.717, 1.165) is 34.0 Å². The topological polar surface area (TPSA) is 124 Å². The quantitative estimate of drug-likeness (QED) is 0.256. The summed E-state index contributed by atoms with van der Waals surface area (Å²) in [6.07, 6.45) is 5.22. The summed E-state index contributed by atoms with van der Waals surface area (Å²) in [7, 11) is 1.84. The first-order valence-electron chi connectivity index (χ1n) is 9.41. The van der Waals surface area contributed by atoms with Gasteiger partial charge in [0.05, 0.1) is 29.8 Å². The fourth-order valence-corrected chi connectivity index (χ4v) is 3.04. The van der Waals surface area contributed by atoms with Crippen LogP contribution >= 0.6 is 0 Å².